The van der Waals surface area contributed by atoms with E-state index < -0.39 is 0 Å². The second-order valence-corrected chi connectivity index (χ2v) is 8.06. The lowest BCUT2D eigenvalue weighted by molar-refractivity contribution is 0.0883. The smallest absolute Gasteiger partial charge is 0.163 e. The maximum absolute atomic E-state index is 10.2. The number of aliphatic hydroxyl groups excluding tert-OH is 1. The molecule has 7 heteroatoms. The molecular formula is C23H34N6O. The Morgan fingerprint density at radius 1 is 1.23 bits per heavy atom. The molecule has 0 amide bonds. The molecule has 1 aromatic carbocycles. The summed E-state index contributed by atoms with van der Waals surface area (Å²) in [7, 11) is 0. The fraction of sp³-hybridized carbons (Fsp3) is 0.478. The van der Waals surface area contributed by atoms with Gasteiger partial charge in [0.25, 0.3) is 0 Å². The zero-order valence-corrected chi connectivity index (χ0v) is 17.1. The Morgan fingerprint density at radius 3 is 2.77 bits per heavy atom. The van der Waals surface area contributed by atoms with Crippen LogP contribution in [-0.4, -0.2) is 45.4 Å². The molecule has 1 fully saturated rings. The first-order valence-corrected chi connectivity index (χ1v) is 10.4. The maximum Gasteiger partial charge on any atom is 0.163 e. The highest BCUT2D eigenvalue weighted by atomic mass is 16.3. The number of nitrogens with zero attached hydrogens (tertiary/aromatic N) is 3. The fourth-order valence-corrected chi connectivity index (χ4v) is 3.76. The van der Waals surface area contributed by atoms with E-state index in [-0.39, 0.29) is 19.4 Å². The molecule has 2 aromatic heterocycles. The van der Waals surface area contributed by atoms with E-state index in [2.05, 4.69) is 47.0 Å². The zero-order chi connectivity index (χ0) is 20.2. The van der Waals surface area contributed by atoms with Crippen molar-refractivity contribution < 1.29 is 5.11 Å². The summed E-state index contributed by atoms with van der Waals surface area (Å²) in [6.07, 6.45) is 2.54. The maximum atomic E-state index is 10.2. The van der Waals surface area contributed by atoms with E-state index in [0.717, 1.165) is 35.8 Å². The van der Waals surface area contributed by atoms with Crippen LogP contribution in [0.15, 0.2) is 42.6 Å². The van der Waals surface area contributed by atoms with Crippen LogP contribution in [0.3, 0.4) is 0 Å². The van der Waals surface area contributed by atoms with Gasteiger partial charge in [0, 0.05) is 37.2 Å². The molecule has 0 unspecified atom stereocenters. The molecule has 0 spiro atoms. The molecule has 0 radical (unpaired) electrons. The number of hydrogen-bond acceptors (Lipinski definition) is 6. The van der Waals surface area contributed by atoms with Crippen molar-refractivity contribution in [3.05, 3.63) is 53.7 Å². The Balaban J connectivity index is 0.00000256. The van der Waals surface area contributed by atoms with Crippen LogP contribution in [0.4, 0.5) is 11.6 Å². The van der Waals surface area contributed by atoms with E-state index >= 15 is 0 Å². The Morgan fingerprint density at radius 2 is 2.03 bits per heavy atom. The number of aromatic nitrogens is 3. The predicted molar refractivity (Wildman–Crippen MR) is 123 cm³/mol. The molecule has 0 saturated carbocycles. The first-order chi connectivity index (χ1) is 14.1. The monoisotopic (exact) mass is 410 g/mol. The van der Waals surface area contributed by atoms with Crippen LogP contribution in [0, 0.1) is 5.92 Å². The standard InChI is InChI=1S/C22H30N6O.CH4/c1-15(2)18-13-26-28-21(25-11-16-6-4-3-5-7-16)10-20(27-22(18)28)24-12-17-8-9-23-14-19(17)29;/h3-7,10,13,15,17,19,23,25,29H,8-9,11-12,14H2,1-2H3,(H,24,27);1H4/t17-,19+;/m1./s1. The van der Waals surface area contributed by atoms with E-state index in [1.165, 1.54) is 5.56 Å². The van der Waals surface area contributed by atoms with E-state index in [1.54, 1.807) is 0 Å². The Kier molecular flexibility index (Phi) is 7.29. The molecule has 30 heavy (non-hydrogen) atoms. The van der Waals surface area contributed by atoms with E-state index in [1.807, 2.05) is 35.0 Å². The lowest BCUT2D eigenvalue weighted by atomic mass is 9.95. The first-order valence-electron chi connectivity index (χ1n) is 10.4. The molecule has 3 heterocycles. The lowest BCUT2D eigenvalue weighted by Crippen LogP contribution is -2.43. The fourth-order valence-electron chi connectivity index (χ4n) is 3.76. The third-order valence-electron chi connectivity index (χ3n) is 5.57. The van der Waals surface area contributed by atoms with Crippen molar-refractivity contribution in [2.45, 2.75) is 46.3 Å². The summed E-state index contributed by atoms with van der Waals surface area (Å²) in [4.78, 5) is 4.83. The van der Waals surface area contributed by atoms with Crippen molar-refractivity contribution in [3.8, 4) is 0 Å². The highest BCUT2D eigenvalue weighted by molar-refractivity contribution is 5.61. The summed E-state index contributed by atoms with van der Waals surface area (Å²) in [6.45, 7) is 7.32. The molecule has 3 aromatic rings. The van der Waals surface area contributed by atoms with Crippen molar-refractivity contribution in [2.24, 2.45) is 5.92 Å². The van der Waals surface area contributed by atoms with Gasteiger partial charge in [0.15, 0.2) is 5.65 Å². The molecule has 162 valence electrons. The van der Waals surface area contributed by atoms with Crippen molar-refractivity contribution in [2.75, 3.05) is 30.3 Å². The molecule has 4 rings (SSSR count). The van der Waals surface area contributed by atoms with Crippen LogP contribution < -0.4 is 16.0 Å². The molecule has 1 aliphatic rings. The third kappa shape index (κ3) is 4.91. The van der Waals surface area contributed by atoms with Gasteiger partial charge in [-0.25, -0.2) is 4.98 Å². The van der Waals surface area contributed by atoms with Gasteiger partial charge in [-0.2, -0.15) is 9.61 Å². The average Bonchev–Trinajstić information content (AvgIpc) is 3.16. The number of aliphatic hydroxyl groups is 1. The van der Waals surface area contributed by atoms with E-state index in [9.17, 15) is 5.11 Å². The van der Waals surface area contributed by atoms with Gasteiger partial charge in [-0.05, 0) is 24.4 Å². The Labute approximate surface area is 178 Å². The van der Waals surface area contributed by atoms with Gasteiger partial charge < -0.3 is 21.1 Å². The lowest BCUT2D eigenvalue weighted by Gasteiger charge is -2.28. The number of fused-ring (bicyclic) bond motifs is 1. The molecule has 1 saturated heterocycles. The van der Waals surface area contributed by atoms with Crippen LogP contribution in [-0.2, 0) is 6.54 Å². The summed E-state index contributed by atoms with van der Waals surface area (Å²) < 4.78 is 1.88. The minimum absolute atomic E-state index is 0. The SMILES string of the molecule is C.CC(C)c1cnn2c(NCc3ccccc3)cc(NC[C@H]3CCNC[C@@H]3O)nc12. The third-order valence-corrected chi connectivity index (χ3v) is 5.57. The van der Waals surface area contributed by atoms with E-state index in [4.69, 9.17) is 4.98 Å². The quantitative estimate of drug-likeness (QED) is 0.477. The average molecular weight is 411 g/mol. The van der Waals surface area contributed by atoms with Crippen LogP contribution in [0.5, 0.6) is 0 Å². The summed E-state index contributed by atoms with van der Waals surface area (Å²) in [6, 6.07) is 12.3. The number of benzene rings is 1. The summed E-state index contributed by atoms with van der Waals surface area (Å²) in [5.41, 5.74) is 3.20. The second kappa shape index (κ2) is 9.91. The number of rotatable bonds is 7. The molecular weight excluding hydrogens is 376 g/mol. The van der Waals surface area contributed by atoms with Gasteiger partial charge in [0.05, 0.1) is 12.3 Å². The first kappa shape index (κ1) is 22.1. The molecule has 2 atom stereocenters. The molecule has 0 aliphatic carbocycles. The molecule has 1 aliphatic heterocycles. The van der Waals surface area contributed by atoms with Gasteiger partial charge >= 0.3 is 0 Å². The number of hydrogen-bond donors (Lipinski definition) is 4. The van der Waals surface area contributed by atoms with Crippen molar-refractivity contribution >= 4 is 17.3 Å². The van der Waals surface area contributed by atoms with Crippen molar-refractivity contribution in [1.82, 2.24) is 19.9 Å². The van der Waals surface area contributed by atoms with Gasteiger partial charge in [-0.15, -0.1) is 0 Å². The second-order valence-electron chi connectivity index (χ2n) is 8.06. The normalized spacial score (nSPS) is 18.9. The van der Waals surface area contributed by atoms with Gasteiger partial charge in [-0.1, -0.05) is 51.6 Å². The molecule has 4 N–H and O–H groups in total. The highest BCUT2D eigenvalue weighted by Gasteiger charge is 2.23. The van der Waals surface area contributed by atoms with Crippen LogP contribution in [0.2, 0.25) is 0 Å². The Hall–Kier alpha value is -2.64. The number of piperidine rings is 1. The van der Waals surface area contributed by atoms with E-state index in [0.29, 0.717) is 25.6 Å². The van der Waals surface area contributed by atoms with Crippen LogP contribution >= 0.6 is 0 Å². The summed E-state index contributed by atoms with van der Waals surface area (Å²) >= 11 is 0. The molecule has 0 bridgehead atoms. The minimum atomic E-state index is -0.322. The van der Waals surface area contributed by atoms with Gasteiger partial charge in [0.1, 0.15) is 11.6 Å². The van der Waals surface area contributed by atoms with Gasteiger partial charge in [-0.3, -0.25) is 0 Å². The highest BCUT2D eigenvalue weighted by Crippen LogP contribution is 2.25. The van der Waals surface area contributed by atoms with Crippen LogP contribution in [0.1, 0.15) is 44.7 Å². The van der Waals surface area contributed by atoms with Gasteiger partial charge in [0.2, 0.25) is 0 Å². The summed E-state index contributed by atoms with van der Waals surface area (Å²) in [5.74, 6) is 2.27. The number of nitrogens with one attached hydrogen (secondary N) is 3. The topological polar surface area (TPSA) is 86.5 Å². The van der Waals surface area contributed by atoms with Crippen molar-refractivity contribution in [3.63, 3.8) is 0 Å². The molecule has 7 nitrogen and oxygen atoms in total. The number of anilines is 2. The summed E-state index contributed by atoms with van der Waals surface area (Å²) in [5, 5.41) is 25.0. The Bertz CT molecular complexity index is 940. The minimum Gasteiger partial charge on any atom is -0.391 e. The number of β-amino-alcohol motifs (C(OH)–C–C–N with tert-alkyl or cyclic N) is 1. The van der Waals surface area contributed by atoms with Crippen LogP contribution in [0.25, 0.3) is 5.65 Å². The predicted octanol–water partition coefficient (Wildman–Crippen LogP) is 3.48. The largest absolute Gasteiger partial charge is 0.391 e. The van der Waals surface area contributed by atoms with Crippen molar-refractivity contribution in [1.29, 1.82) is 0 Å². The zero-order valence-electron chi connectivity index (χ0n) is 17.1.